The molecule has 106 valence electrons. The first kappa shape index (κ1) is 14.6. The number of nitrogens with zero attached hydrogens (tertiary/aromatic N) is 2. The molecule has 0 spiro atoms. The first-order chi connectivity index (χ1) is 9.56. The average molecular weight is 291 g/mol. The number of benzene rings is 1. The van der Waals surface area contributed by atoms with Gasteiger partial charge in [0.2, 0.25) is 0 Å². The minimum Gasteiger partial charge on any atom is -0.480 e. The largest absolute Gasteiger partial charge is 0.480 e. The van der Waals surface area contributed by atoms with Crippen molar-refractivity contribution in [2.45, 2.75) is 30.7 Å². The highest BCUT2D eigenvalue weighted by Gasteiger charge is 2.22. The Balaban J connectivity index is 2.10. The van der Waals surface area contributed by atoms with E-state index in [2.05, 4.69) is 15.2 Å². The Morgan fingerprint density at radius 3 is 2.60 bits per heavy atom. The van der Waals surface area contributed by atoms with Crippen LogP contribution in [0.3, 0.4) is 0 Å². The fourth-order valence-corrected chi connectivity index (χ4v) is 2.88. The summed E-state index contributed by atoms with van der Waals surface area (Å²) in [5.74, 6) is 0.156. The summed E-state index contributed by atoms with van der Waals surface area (Å²) >= 11 is 1.21. The third-order valence-corrected chi connectivity index (χ3v) is 3.81. The van der Waals surface area contributed by atoms with Crippen LogP contribution in [-0.2, 0) is 4.79 Å². The van der Waals surface area contributed by atoms with Gasteiger partial charge in [0.25, 0.3) is 0 Å². The Bertz CT molecular complexity index is 569. The van der Waals surface area contributed by atoms with Crippen molar-refractivity contribution in [1.82, 2.24) is 15.2 Å². The van der Waals surface area contributed by atoms with E-state index in [9.17, 15) is 9.90 Å². The normalized spacial score (nSPS) is 12.6. The molecule has 0 amide bonds. The van der Waals surface area contributed by atoms with Crippen LogP contribution < -0.4 is 0 Å². The SMILES string of the molecule is CC(C)CC(Sc1nnc(-c2ccccc2)[nH]1)C(=O)O. The van der Waals surface area contributed by atoms with Gasteiger partial charge >= 0.3 is 5.97 Å². The number of aromatic amines is 1. The Labute approximate surface area is 121 Å². The lowest BCUT2D eigenvalue weighted by atomic mass is 10.1. The number of hydrogen-bond donors (Lipinski definition) is 2. The summed E-state index contributed by atoms with van der Waals surface area (Å²) < 4.78 is 0. The van der Waals surface area contributed by atoms with Gasteiger partial charge in [-0.3, -0.25) is 4.79 Å². The van der Waals surface area contributed by atoms with Crippen LogP contribution >= 0.6 is 11.8 Å². The van der Waals surface area contributed by atoms with E-state index in [1.54, 1.807) is 0 Å². The lowest BCUT2D eigenvalue weighted by molar-refractivity contribution is -0.136. The van der Waals surface area contributed by atoms with E-state index >= 15 is 0 Å². The van der Waals surface area contributed by atoms with Gasteiger partial charge in [0.05, 0.1) is 0 Å². The number of aromatic nitrogens is 3. The highest BCUT2D eigenvalue weighted by atomic mass is 32.2. The van der Waals surface area contributed by atoms with Crippen LogP contribution in [-0.4, -0.2) is 31.5 Å². The molecule has 0 aliphatic carbocycles. The van der Waals surface area contributed by atoms with Crippen molar-refractivity contribution < 1.29 is 9.90 Å². The van der Waals surface area contributed by atoms with E-state index in [1.807, 2.05) is 44.2 Å². The molecular weight excluding hydrogens is 274 g/mol. The van der Waals surface area contributed by atoms with Crippen LogP contribution in [0.5, 0.6) is 0 Å². The fourth-order valence-electron chi connectivity index (χ4n) is 1.79. The minimum absolute atomic E-state index is 0.320. The van der Waals surface area contributed by atoms with E-state index in [0.29, 0.717) is 23.3 Å². The first-order valence-electron chi connectivity index (χ1n) is 6.44. The summed E-state index contributed by atoms with van der Waals surface area (Å²) in [6.45, 7) is 4.01. The molecule has 1 heterocycles. The molecule has 2 rings (SSSR count). The van der Waals surface area contributed by atoms with Crippen LogP contribution in [0.1, 0.15) is 20.3 Å². The predicted octanol–water partition coefficient (Wildman–Crippen LogP) is 3.06. The van der Waals surface area contributed by atoms with Gasteiger partial charge in [-0.2, -0.15) is 0 Å². The standard InChI is InChI=1S/C14H17N3O2S/c1-9(2)8-11(13(18)19)20-14-15-12(16-17-14)10-6-4-3-5-7-10/h3-7,9,11H,8H2,1-2H3,(H,18,19)(H,15,16,17). The maximum atomic E-state index is 11.2. The molecule has 0 aliphatic rings. The Morgan fingerprint density at radius 2 is 2.00 bits per heavy atom. The molecule has 0 saturated carbocycles. The van der Waals surface area contributed by atoms with E-state index in [1.165, 1.54) is 11.8 Å². The van der Waals surface area contributed by atoms with Crippen molar-refractivity contribution >= 4 is 17.7 Å². The number of thioether (sulfide) groups is 1. The molecule has 6 heteroatoms. The zero-order chi connectivity index (χ0) is 14.5. The van der Waals surface area contributed by atoms with Crippen LogP contribution in [0.15, 0.2) is 35.5 Å². The topological polar surface area (TPSA) is 78.9 Å². The van der Waals surface area contributed by atoms with Gasteiger partial charge in [0.1, 0.15) is 5.25 Å². The van der Waals surface area contributed by atoms with E-state index in [4.69, 9.17) is 0 Å². The second-order valence-corrected chi connectivity index (χ2v) is 6.11. The molecule has 0 saturated heterocycles. The number of carbonyl (C=O) groups is 1. The Hall–Kier alpha value is -1.82. The molecule has 0 aliphatic heterocycles. The van der Waals surface area contributed by atoms with Crippen molar-refractivity contribution in [3.05, 3.63) is 30.3 Å². The zero-order valence-electron chi connectivity index (χ0n) is 11.4. The van der Waals surface area contributed by atoms with Crippen molar-refractivity contribution in [2.24, 2.45) is 5.92 Å². The first-order valence-corrected chi connectivity index (χ1v) is 7.31. The fraction of sp³-hybridized carbons (Fsp3) is 0.357. The summed E-state index contributed by atoms with van der Waals surface area (Å²) in [7, 11) is 0. The number of hydrogen-bond acceptors (Lipinski definition) is 4. The van der Waals surface area contributed by atoms with Gasteiger partial charge < -0.3 is 10.1 Å². The smallest absolute Gasteiger partial charge is 0.317 e. The number of carboxylic acids is 1. The molecule has 20 heavy (non-hydrogen) atoms. The van der Waals surface area contributed by atoms with Gasteiger partial charge in [-0.15, -0.1) is 10.2 Å². The maximum absolute atomic E-state index is 11.2. The molecule has 1 atom stereocenters. The van der Waals surface area contributed by atoms with E-state index in [0.717, 1.165) is 5.56 Å². The second kappa shape index (κ2) is 6.56. The van der Waals surface area contributed by atoms with Crippen molar-refractivity contribution in [3.8, 4) is 11.4 Å². The van der Waals surface area contributed by atoms with Crippen LogP contribution in [0, 0.1) is 5.92 Å². The molecule has 1 aromatic heterocycles. The summed E-state index contributed by atoms with van der Waals surface area (Å²) in [6, 6.07) is 9.63. The zero-order valence-corrected chi connectivity index (χ0v) is 12.2. The molecule has 1 unspecified atom stereocenters. The third-order valence-electron chi connectivity index (χ3n) is 2.73. The Kier molecular flexibility index (Phi) is 4.79. The van der Waals surface area contributed by atoms with Crippen LogP contribution in [0.25, 0.3) is 11.4 Å². The molecular formula is C14H17N3O2S. The second-order valence-electron chi connectivity index (χ2n) is 4.92. The number of H-pyrrole nitrogens is 1. The summed E-state index contributed by atoms with van der Waals surface area (Å²) in [6.07, 6.45) is 0.599. The number of nitrogens with one attached hydrogen (secondary N) is 1. The highest BCUT2D eigenvalue weighted by Crippen LogP contribution is 2.26. The van der Waals surface area contributed by atoms with E-state index in [-0.39, 0.29) is 0 Å². The molecule has 0 fully saturated rings. The predicted molar refractivity (Wildman–Crippen MR) is 78.6 cm³/mol. The minimum atomic E-state index is -0.818. The molecule has 2 aromatic rings. The van der Waals surface area contributed by atoms with Crippen LogP contribution in [0.2, 0.25) is 0 Å². The molecule has 5 nitrogen and oxygen atoms in total. The summed E-state index contributed by atoms with van der Waals surface area (Å²) in [5, 5.41) is 17.3. The van der Waals surface area contributed by atoms with Crippen molar-refractivity contribution in [3.63, 3.8) is 0 Å². The summed E-state index contributed by atoms with van der Waals surface area (Å²) in [4.78, 5) is 14.3. The van der Waals surface area contributed by atoms with Gasteiger partial charge in [-0.05, 0) is 12.3 Å². The lowest BCUT2D eigenvalue weighted by Crippen LogP contribution is -2.18. The van der Waals surface area contributed by atoms with Gasteiger partial charge in [-0.25, -0.2) is 0 Å². The van der Waals surface area contributed by atoms with Gasteiger partial charge in [0.15, 0.2) is 11.0 Å². The van der Waals surface area contributed by atoms with Crippen molar-refractivity contribution in [1.29, 1.82) is 0 Å². The number of rotatable bonds is 6. The molecule has 2 N–H and O–H groups in total. The molecule has 0 radical (unpaired) electrons. The van der Waals surface area contributed by atoms with Crippen molar-refractivity contribution in [2.75, 3.05) is 0 Å². The Morgan fingerprint density at radius 1 is 1.30 bits per heavy atom. The number of carboxylic acid groups (broad SMARTS) is 1. The van der Waals surface area contributed by atoms with Gasteiger partial charge in [-0.1, -0.05) is 55.9 Å². The quantitative estimate of drug-likeness (QED) is 0.800. The van der Waals surface area contributed by atoms with E-state index < -0.39 is 11.2 Å². The summed E-state index contributed by atoms with van der Waals surface area (Å²) in [5.41, 5.74) is 0.933. The average Bonchev–Trinajstić information content (AvgIpc) is 2.87. The third kappa shape index (κ3) is 3.84. The highest BCUT2D eigenvalue weighted by molar-refractivity contribution is 8.00. The maximum Gasteiger partial charge on any atom is 0.317 e. The van der Waals surface area contributed by atoms with Crippen LogP contribution in [0.4, 0.5) is 0 Å². The number of aliphatic carboxylic acids is 1. The monoisotopic (exact) mass is 291 g/mol. The molecule has 1 aromatic carbocycles. The lowest BCUT2D eigenvalue weighted by Gasteiger charge is -2.11. The van der Waals surface area contributed by atoms with Gasteiger partial charge in [0, 0.05) is 5.56 Å². The molecule has 0 bridgehead atoms.